The summed E-state index contributed by atoms with van der Waals surface area (Å²) in [5.41, 5.74) is 3.55. The first-order chi connectivity index (χ1) is 7.53. The van der Waals surface area contributed by atoms with Crippen molar-refractivity contribution in [2.75, 3.05) is 0 Å². The molecule has 2 nitrogen and oxygen atoms in total. The number of hydrogen-bond donors (Lipinski definition) is 1. The molecule has 2 N–H and O–H groups in total. The summed E-state index contributed by atoms with van der Waals surface area (Å²) in [6.45, 7) is 5.39. The molecule has 0 heterocycles. The van der Waals surface area contributed by atoms with Crippen molar-refractivity contribution in [3.05, 3.63) is 34.9 Å². The number of hydrogen-bond acceptors (Lipinski definition) is 1. The van der Waals surface area contributed by atoms with Crippen LogP contribution in [0.25, 0.3) is 0 Å². The molecule has 1 amide bonds. The Morgan fingerprint density at radius 3 is 2.06 bits per heavy atom. The number of rotatable bonds is 1. The van der Waals surface area contributed by atoms with Crippen LogP contribution in [-0.4, -0.2) is 5.91 Å². The van der Waals surface area contributed by atoms with Crippen LogP contribution < -0.4 is 5.73 Å². The molecule has 0 fully saturated rings. The van der Waals surface area contributed by atoms with Crippen LogP contribution in [0, 0.1) is 0 Å². The number of carbonyl (C=O) groups excluding carboxylic acids is 1. The third-order valence-electron chi connectivity index (χ3n) is 2.46. The largest absolute Gasteiger partial charge is 0.417 e. The summed E-state index contributed by atoms with van der Waals surface area (Å²) >= 11 is 0. The lowest BCUT2D eigenvalue weighted by Gasteiger charge is -2.21. The van der Waals surface area contributed by atoms with Gasteiger partial charge in [0.05, 0.1) is 11.1 Å². The molecule has 0 bridgehead atoms. The van der Waals surface area contributed by atoms with E-state index in [4.69, 9.17) is 5.73 Å². The lowest BCUT2D eigenvalue weighted by atomic mass is 9.85. The van der Waals surface area contributed by atoms with Crippen molar-refractivity contribution in [2.24, 2.45) is 5.73 Å². The number of primary amides is 1. The first-order valence-corrected chi connectivity index (χ1v) is 5.05. The molecular formula is C12H14F3NO. The van der Waals surface area contributed by atoms with E-state index in [1.54, 1.807) is 20.8 Å². The van der Waals surface area contributed by atoms with Gasteiger partial charge in [0.2, 0.25) is 5.91 Å². The Labute approximate surface area is 97.6 Å². The minimum Gasteiger partial charge on any atom is -0.366 e. The van der Waals surface area contributed by atoms with Gasteiger partial charge in [-0.3, -0.25) is 4.79 Å². The molecule has 17 heavy (non-hydrogen) atoms. The number of alkyl halides is 3. The molecule has 0 unspecified atom stereocenters. The normalized spacial score (nSPS) is 12.6. The smallest absolute Gasteiger partial charge is 0.366 e. The zero-order valence-corrected chi connectivity index (χ0v) is 9.85. The molecule has 0 aromatic heterocycles. The number of nitrogens with two attached hydrogens (primary N) is 1. The van der Waals surface area contributed by atoms with Crippen LogP contribution in [0.4, 0.5) is 13.2 Å². The highest BCUT2D eigenvalue weighted by Gasteiger charge is 2.35. The van der Waals surface area contributed by atoms with Gasteiger partial charge in [-0.25, -0.2) is 0 Å². The first-order valence-electron chi connectivity index (χ1n) is 5.05. The van der Waals surface area contributed by atoms with Gasteiger partial charge in [0, 0.05) is 0 Å². The minimum atomic E-state index is -4.58. The summed E-state index contributed by atoms with van der Waals surface area (Å²) in [4.78, 5) is 11.0. The molecule has 5 heteroatoms. The van der Waals surface area contributed by atoms with E-state index in [2.05, 4.69) is 0 Å². The Morgan fingerprint density at radius 1 is 1.18 bits per heavy atom. The maximum absolute atomic E-state index is 12.8. The van der Waals surface area contributed by atoms with Crippen molar-refractivity contribution in [3.8, 4) is 0 Å². The topological polar surface area (TPSA) is 43.1 Å². The summed E-state index contributed by atoms with van der Waals surface area (Å²) in [6.07, 6.45) is -4.58. The maximum atomic E-state index is 12.8. The fourth-order valence-corrected chi connectivity index (χ4v) is 1.46. The van der Waals surface area contributed by atoms with E-state index in [9.17, 15) is 18.0 Å². The van der Waals surface area contributed by atoms with Gasteiger partial charge in [0.15, 0.2) is 0 Å². The molecule has 94 valence electrons. The Hall–Kier alpha value is -1.52. The Bertz CT molecular complexity index is 444. The summed E-state index contributed by atoms with van der Waals surface area (Å²) in [6, 6.07) is 3.61. The van der Waals surface area contributed by atoms with Crippen LogP contribution in [0.5, 0.6) is 0 Å². The quantitative estimate of drug-likeness (QED) is 0.811. The van der Waals surface area contributed by atoms with Gasteiger partial charge in [-0.2, -0.15) is 13.2 Å². The summed E-state index contributed by atoms with van der Waals surface area (Å²) in [5.74, 6) is -1.07. The van der Waals surface area contributed by atoms with Crippen molar-refractivity contribution in [1.29, 1.82) is 0 Å². The van der Waals surface area contributed by atoms with E-state index in [1.165, 1.54) is 6.07 Å². The summed E-state index contributed by atoms with van der Waals surface area (Å²) in [5, 5.41) is 0. The van der Waals surface area contributed by atoms with E-state index >= 15 is 0 Å². The van der Waals surface area contributed by atoms with Crippen LogP contribution in [-0.2, 0) is 11.6 Å². The van der Waals surface area contributed by atoms with Crippen molar-refractivity contribution in [2.45, 2.75) is 32.4 Å². The number of benzene rings is 1. The van der Waals surface area contributed by atoms with Gasteiger partial charge in [-0.15, -0.1) is 0 Å². The van der Waals surface area contributed by atoms with Crippen molar-refractivity contribution < 1.29 is 18.0 Å². The van der Waals surface area contributed by atoms with Gasteiger partial charge in [0.1, 0.15) is 0 Å². The average Bonchev–Trinajstić information content (AvgIpc) is 2.14. The van der Waals surface area contributed by atoms with E-state index in [-0.39, 0.29) is 0 Å². The van der Waals surface area contributed by atoms with Crippen LogP contribution in [0.1, 0.15) is 42.3 Å². The molecule has 0 aliphatic rings. The molecule has 1 rings (SSSR count). The minimum absolute atomic E-state index is 0.420. The third-order valence-corrected chi connectivity index (χ3v) is 2.46. The van der Waals surface area contributed by atoms with E-state index in [0.29, 0.717) is 5.56 Å². The molecule has 0 saturated carbocycles. The molecule has 0 radical (unpaired) electrons. The monoisotopic (exact) mass is 245 g/mol. The molecule has 0 aliphatic carbocycles. The van der Waals surface area contributed by atoms with Crippen LogP contribution in [0.15, 0.2) is 18.2 Å². The average molecular weight is 245 g/mol. The fraction of sp³-hybridized carbons (Fsp3) is 0.417. The number of amides is 1. The highest BCUT2D eigenvalue weighted by molar-refractivity contribution is 5.94. The van der Waals surface area contributed by atoms with Gasteiger partial charge in [0.25, 0.3) is 0 Å². The molecule has 0 spiro atoms. The second kappa shape index (κ2) is 4.05. The Balaban J connectivity index is 3.46. The highest BCUT2D eigenvalue weighted by Crippen LogP contribution is 2.35. The molecule has 0 saturated heterocycles. The predicted molar refractivity (Wildman–Crippen MR) is 58.7 cm³/mol. The molecule has 1 aromatic carbocycles. The van der Waals surface area contributed by atoms with Crippen LogP contribution >= 0.6 is 0 Å². The fourth-order valence-electron chi connectivity index (χ4n) is 1.46. The maximum Gasteiger partial charge on any atom is 0.417 e. The predicted octanol–water partition coefficient (Wildman–Crippen LogP) is 3.10. The third kappa shape index (κ3) is 2.99. The van der Waals surface area contributed by atoms with Crippen LogP contribution in [0.2, 0.25) is 0 Å². The lowest BCUT2D eigenvalue weighted by molar-refractivity contribution is -0.138. The van der Waals surface area contributed by atoms with Crippen molar-refractivity contribution in [3.63, 3.8) is 0 Å². The van der Waals surface area contributed by atoms with Gasteiger partial charge in [-0.1, -0.05) is 26.8 Å². The summed E-state index contributed by atoms with van der Waals surface area (Å²) < 4.78 is 38.3. The van der Waals surface area contributed by atoms with Gasteiger partial charge < -0.3 is 5.73 Å². The number of halogens is 3. The van der Waals surface area contributed by atoms with Crippen LogP contribution in [0.3, 0.4) is 0 Å². The van der Waals surface area contributed by atoms with E-state index in [1.807, 2.05) is 0 Å². The molecular weight excluding hydrogens is 231 g/mol. The van der Waals surface area contributed by atoms with E-state index < -0.39 is 28.6 Å². The molecule has 0 atom stereocenters. The zero-order chi connectivity index (χ0) is 13.4. The highest BCUT2D eigenvalue weighted by atomic mass is 19.4. The molecule has 0 aliphatic heterocycles. The number of carbonyl (C=O) groups is 1. The lowest BCUT2D eigenvalue weighted by Crippen LogP contribution is -2.21. The SMILES string of the molecule is CC(C)(C)c1ccc(C(N)=O)c(C(F)(F)F)c1. The zero-order valence-electron chi connectivity index (χ0n) is 9.85. The first kappa shape index (κ1) is 13.5. The Kier molecular flexibility index (Phi) is 3.23. The summed E-state index contributed by atoms with van der Waals surface area (Å²) in [7, 11) is 0. The molecule has 1 aromatic rings. The van der Waals surface area contributed by atoms with Gasteiger partial charge >= 0.3 is 6.18 Å². The Morgan fingerprint density at radius 2 is 1.71 bits per heavy atom. The van der Waals surface area contributed by atoms with Crippen molar-refractivity contribution >= 4 is 5.91 Å². The second-order valence-electron chi connectivity index (χ2n) is 4.87. The van der Waals surface area contributed by atoms with Crippen molar-refractivity contribution in [1.82, 2.24) is 0 Å². The second-order valence-corrected chi connectivity index (χ2v) is 4.87. The van der Waals surface area contributed by atoms with Gasteiger partial charge in [-0.05, 0) is 23.1 Å². The van der Waals surface area contributed by atoms with E-state index in [0.717, 1.165) is 12.1 Å². The standard InChI is InChI=1S/C12H14F3NO/c1-11(2,3)7-4-5-8(10(16)17)9(6-7)12(13,14)15/h4-6H,1-3H3,(H2,16,17).